The molecule has 0 radical (unpaired) electrons. The third kappa shape index (κ3) is 52.0. The van der Waals surface area contributed by atoms with Gasteiger partial charge in [0.2, 0.25) is 0 Å². The van der Waals surface area contributed by atoms with E-state index in [1.165, 1.54) is 51.4 Å². The van der Waals surface area contributed by atoms with Crippen LogP contribution in [-0.2, 0) is 27.9 Å². The van der Waals surface area contributed by atoms with E-state index in [1.54, 1.807) is 0 Å². The average molecular weight is 927 g/mol. The normalized spacial score (nSPS) is 14.5. The van der Waals surface area contributed by atoms with E-state index in [-0.39, 0.29) is 25.8 Å². The van der Waals surface area contributed by atoms with Crippen LogP contribution in [0.2, 0.25) is 0 Å². The number of phosphoric ester groups is 1. The molecule has 0 spiro atoms. The highest BCUT2D eigenvalue weighted by Gasteiger charge is 2.26. The summed E-state index contributed by atoms with van der Waals surface area (Å²) in [7, 11) is 1.63. The number of nitrogens with zero attached hydrogens (tertiary/aromatic N) is 1. The zero-order valence-corrected chi connectivity index (χ0v) is 43.1. The lowest BCUT2D eigenvalue weighted by atomic mass is 10.1. The number of carbonyl (C=O) groups excluding carboxylic acids is 1. The van der Waals surface area contributed by atoms with E-state index < -0.39 is 13.9 Å². The van der Waals surface area contributed by atoms with Crippen molar-refractivity contribution in [2.24, 2.45) is 0 Å². The Balaban J connectivity index is 4.25. The third-order valence-electron chi connectivity index (χ3n) is 10.3. The van der Waals surface area contributed by atoms with Gasteiger partial charge in [-0.3, -0.25) is 13.8 Å². The monoisotopic (exact) mass is 927 g/mol. The quantitative estimate of drug-likeness (QED) is 0.0214. The second-order valence-corrected chi connectivity index (χ2v) is 19.3. The van der Waals surface area contributed by atoms with Crippen molar-refractivity contribution in [3.63, 3.8) is 0 Å². The fourth-order valence-electron chi connectivity index (χ4n) is 6.39. The summed E-state index contributed by atoms with van der Waals surface area (Å²) in [5.41, 5.74) is 0. The van der Waals surface area contributed by atoms with E-state index in [2.05, 4.69) is 123 Å². The average Bonchev–Trinajstić information content (AvgIpc) is 3.27. The van der Waals surface area contributed by atoms with Crippen LogP contribution in [-0.4, -0.2) is 75.6 Å². The first kappa shape index (κ1) is 62.2. The topological polar surface area (TPSA) is 91.3 Å². The minimum atomic E-state index is -4.30. The molecule has 0 rings (SSSR count). The van der Waals surface area contributed by atoms with Crippen LogP contribution in [0.1, 0.15) is 181 Å². The van der Waals surface area contributed by atoms with Crippen molar-refractivity contribution in [2.75, 3.05) is 54.1 Å². The van der Waals surface area contributed by atoms with E-state index in [1.807, 2.05) is 21.1 Å². The highest BCUT2D eigenvalue weighted by atomic mass is 31.2. The van der Waals surface area contributed by atoms with Crippen LogP contribution >= 0.6 is 7.82 Å². The lowest BCUT2D eigenvalue weighted by Crippen LogP contribution is -2.37. The molecular weight excluding hydrogens is 830 g/mol. The van der Waals surface area contributed by atoms with Gasteiger partial charge < -0.3 is 18.9 Å². The molecule has 2 unspecified atom stereocenters. The molecule has 0 amide bonds. The number of quaternary nitrogens is 1. The number of likely N-dealkylation sites (N-methyl/N-ethyl adjacent to an activating group) is 1. The van der Waals surface area contributed by atoms with Crippen LogP contribution < -0.4 is 0 Å². The van der Waals surface area contributed by atoms with Crippen LogP contribution in [0.15, 0.2) is 109 Å². The van der Waals surface area contributed by atoms with Crippen molar-refractivity contribution in [2.45, 2.75) is 187 Å². The molecule has 0 aliphatic carbocycles. The second-order valence-electron chi connectivity index (χ2n) is 17.8. The summed E-state index contributed by atoms with van der Waals surface area (Å²) < 4.78 is 35.1. The van der Waals surface area contributed by atoms with Gasteiger partial charge in [0.25, 0.3) is 0 Å². The summed E-state index contributed by atoms with van der Waals surface area (Å²) in [4.78, 5) is 23.0. The Labute approximate surface area is 400 Å². The largest absolute Gasteiger partial charge is 0.472 e. The van der Waals surface area contributed by atoms with Crippen molar-refractivity contribution >= 4 is 13.8 Å². The number of phosphoric acid groups is 1. The lowest BCUT2D eigenvalue weighted by Gasteiger charge is -2.24. The van der Waals surface area contributed by atoms with E-state index in [0.29, 0.717) is 24.1 Å². The molecule has 0 saturated carbocycles. The summed E-state index contributed by atoms with van der Waals surface area (Å²) in [6.45, 7) is 5.38. The Hall–Kier alpha value is -2.84. The predicted molar refractivity (Wildman–Crippen MR) is 279 cm³/mol. The third-order valence-corrected chi connectivity index (χ3v) is 11.3. The van der Waals surface area contributed by atoms with Gasteiger partial charge in [0, 0.05) is 13.0 Å². The van der Waals surface area contributed by atoms with E-state index in [4.69, 9.17) is 18.5 Å². The van der Waals surface area contributed by atoms with Crippen LogP contribution in [0.3, 0.4) is 0 Å². The Morgan fingerprint density at radius 3 is 1.34 bits per heavy atom. The molecule has 0 saturated heterocycles. The van der Waals surface area contributed by atoms with Crippen LogP contribution in [0.25, 0.3) is 0 Å². The van der Waals surface area contributed by atoms with Gasteiger partial charge >= 0.3 is 13.8 Å². The van der Waals surface area contributed by atoms with Gasteiger partial charge in [-0.2, -0.15) is 0 Å². The molecular formula is C56H97NO7P+. The number of esters is 1. The summed E-state index contributed by atoms with van der Waals surface area (Å²) in [6, 6.07) is 0. The van der Waals surface area contributed by atoms with Crippen molar-refractivity contribution in [1.82, 2.24) is 0 Å². The second kappa shape index (κ2) is 47.6. The molecule has 0 aromatic heterocycles. The van der Waals surface area contributed by atoms with Gasteiger partial charge in [-0.05, 0) is 103 Å². The minimum Gasteiger partial charge on any atom is -0.457 e. The van der Waals surface area contributed by atoms with Crippen LogP contribution in [0.4, 0.5) is 0 Å². The molecule has 1 N–H and O–H groups in total. The molecule has 2 atom stereocenters. The van der Waals surface area contributed by atoms with Crippen molar-refractivity contribution in [3.8, 4) is 0 Å². The number of carbonyl (C=O) groups is 1. The number of rotatable bonds is 46. The van der Waals surface area contributed by atoms with Crippen molar-refractivity contribution in [1.29, 1.82) is 0 Å². The highest BCUT2D eigenvalue weighted by molar-refractivity contribution is 7.47. The zero-order valence-electron chi connectivity index (χ0n) is 42.2. The van der Waals surface area contributed by atoms with Gasteiger partial charge in [0.05, 0.1) is 34.4 Å². The Morgan fingerprint density at radius 1 is 0.492 bits per heavy atom. The van der Waals surface area contributed by atoms with Gasteiger partial charge in [0.1, 0.15) is 19.3 Å². The van der Waals surface area contributed by atoms with Gasteiger partial charge in [-0.1, -0.05) is 181 Å². The summed E-state index contributed by atoms with van der Waals surface area (Å²) in [6.07, 6.45) is 67.0. The molecule has 0 heterocycles. The van der Waals surface area contributed by atoms with Crippen LogP contribution in [0.5, 0.6) is 0 Å². The molecule has 372 valence electrons. The molecule has 0 aromatic rings. The predicted octanol–water partition coefficient (Wildman–Crippen LogP) is 15.9. The van der Waals surface area contributed by atoms with Gasteiger partial charge in [0.15, 0.2) is 0 Å². The maximum Gasteiger partial charge on any atom is 0.472 e. The number of ether oxygens (including phenoxy) is 2. The first-order valence-corrected chi connectivity index (χ1v) is 27.1. The molecule has 8 nitrogen and oxygen atoms in total. The summed E-state index contributed by atoms with van der Waals surface area (Å²) in [5.74, 6) is -0.336. The number of unbranched alkanes of at least 4 members (excludes halogenated alkanes) is 14. The zero-order chi connectivity index (χ0) is 47.6. The Bertz CT molecular complexity index is 1400. The molecule has 0 aliphatic heterocycles. The number of allylic oxidation sites excluding steroid dienone is 18. The molecule has 0 fully saturated rings. The molecule has 0 aromatic carbocycles. The summed E-state index contributed by atoms with van der Waals surface area (Å²) >= 11 is 0. The van der Waals surface area contributed by atoms with Gasteiger partial charge in [-0.15, -0.1) is 0 Å². The minimum absolute atomic E-state index is 0.0751. The highest BCUT2D eigenvalue weighted by Crippen LogP contribution is 2.43. The summed E-state index contributed by atoms with van der Waals surface area (Å²) in [5, 5.41) is 0. The number of hydrogen-bond donors (Lipinski definition) is 1. The van der Waals surface area contributed by atoms with Crippen molar-refractivity contribution < 1.29 is 37.3 Å². The van der Waals surface area contributed by atoms with E-state index in [0.717, 1.165) is 109 Å². The number of hydrogen-bond acceptors (Lipinski definition) is 6. The first-order chi connectivity index (χ1) is 31.6. The van der Waals surface area contributed by atoms with Crippen molar-refractivity contribution in [3.05, 3.63) is 109 Å². The fourth-order valence-corrected chi connectivity index (χ4v) is 7.13. The molecule has 65 heavy (non-hydrogen) atoms. The van der Waals surface area contributed by atoms with Crippen LogP contribution in [0, 0.1) is 0 Å². The lowest BCUT2D eigenvalue weighted by molar-refractivity contribution is -0.870. The van der Waals surface area contributed by atoms with Gasteiger partial charge in [-0.25, -0.2) is 4.57 Å². The van der Waals surface area contributed by atoms with E-state index >= 15 is 0 Å². The Morgan fingerprint density at radius 2 is 0.892 bits per heavy atom. The maximum atomic E-state index is 12.8. The smallest absolute Gasteiger partial charge is 0.457 e. The molecule has 9 heteroatoms. The fraction of sp³-hybridized carbons (Fsp3) is 0.661. The standard InChI is InChI=1S/C56H96NO7P/c1-6-8-10-12-14-16-18-20-22-24-25-26-27-28-29-30-31-32-34-36-38-40-42-44-46-48-51-61-53-55(54-63-65(59,60)62-52-50-57(3,4)5)64-56(58)49-47-45-43-41-39-37-35-33-23-21-19-17-15-13-11-9-7-2/h8,10,14-17,20-23,25-26,28-29,31-32,36,38,55H,6-7,9,11-13,18-19,24,27,30,33-35,37,39-54H2,1-5H3/p+1/b10-8-,16-14-,17-15-,22-20-,23-21-,26-25-,29-28-,32-31-,38-36-. The molecule has 0 bridgehead atoms. The Kier molecular flexibility index (Phi) is 45.6. The molecule has 0 aliphatic rings. The maximum absolute atomic E-state index is 12.8. The van der Waals surface area contributed by atoms with E-state index in [9.17, 15) is 14.3 Å². The SMILES string of the molecule is CC/C=C\C/C=C\C/C=C\C/C=C\C/C=C\C/C=C\C/C=C\CCCCCCOCC(COP(=O)(O)OCC[N+](C)(C)C)OC(=O)CCCCCCCCC/C=C\C/C=C\CCCCC. The first-order valence-electron chi connectivity index (χ1n) is 25.6.